The molecule has 1 aromatic rings. The molecule has 2 rings (SSSR count). The number of likely N-dealkylation sites (tertiary alicyclic amines) is 1. The summed E-state index contributed by atoms with van der Waals surface area (Å²) in [6.07, 6.45) is 5.38. The molecule has 1 fully saturated rings. The van der Waals surface area contributed by atoms with E-state index >= 15 is 0 Å². The van der Waals surface area contributed by atoms with E-state index in [-0.39, 0.29) is 5.56 Å². The molecule has 0 amide bonds. The van der Waals surface area contributed by atoms with Crippen molar-refractivity contribution in [2.45, 2.75) is 25.8 Å². The molecule has 1 aliphatic heterocycles. The minimum Gasteiger partial charge on any atom is -0.398 e. The lowest BCUT2D eigenvalue weighted by molar-refractivity contribution is 0.324. The number of pyridine rings is 1. The molecule has 0 aromatic carbocycles. The Morgan fingerprint density at radius 1 is 1.19 bits per heavy atom. The van der Waals surface area contributed by atoms with Crippen molar-refractivity contribution >= 4 is 5.69 Å². The third kappa shape index (κ3) is 2.85. The number of nitrogens with two attached hydrogens (primary N) is 1. The standard InChI is InChI=1S/C12H19N3O/c13-11-4-5-12(16)15(10-11)9-3-8-14-6-1-2-7-14/h4-5,10H,1-3,6-9,13H2. The Kier molecular flexibility index (Phi) is 3.62. The van der Waals surface area contributed by atoms with E-state index in [1.54, 1.807) is 16.8 Å². The number of anilines is 1. The quantitative estimate of drug-likeness (QED) is 0.822. The van der Waals surface area contributed by atoms with Crippen LogP contribution in [0.5, 0.6) is 0 Å². The second-order valence-corrected chi connectivity index (χ2v) is 4.40. The number of aryl methyl sites for hydroxylation is 1. The first kappa shape index (κ1) is 11.2. The van der Waals surface area contributed by atoms with Gasteiger partial charge in [-0.15, -0.1) is 0 Å². The molecule has 88 valence electrons. The number of hydrogen-bond donors (Lipinski definition) is 1. The summed E-state index contributed by atoms with van der Waals surface area (Å²) in [4.78, 5) is 13.9. The van der Waals surface area contributed by atoms with Gasteiger partial charge in [0.15, 0.2) is 0 Å². The normalized spacial score (nSPS) is 16.8. The summed E-state index contributed by atoms with van der Waals surface area (Å²) in [6, 6.07) is 3.19. The molecule has 16 heavy (non-hydrogen) atoms. The molecule has 1 aliphatic rings. The van der Waals surface area contributed by atoms with Crippen LogP contribution in [-0.2, 0) is 6.54 Å². The molecular formula is C12H19N3O. The summed E-state index contributed by atoms with van der Waals surface area (Å²) in [5, 5.41) is 0. The second-order valence-electron chi connectivity index (χ2n) is 4.40. The van der Waals surface area contributed by atoms with Gasteiger partial charge in [-0.1, -0.05) is 0 Å². The number of nitrogens with zero attached hydrogens (tertiary/aromatic N) is 2. The van der Waals surface area contributed by atoms with Crippen molar-refractivity contribution in [1.82, 2.24) is 9.47 Å². The Morgan fingerprint density at radius 2 is 1.94 bits per heavy atom. The molecule has 2 heterocycles. The highest BCUT2D eigenvalue weighted by Gasteiger charge is 2.10. The maximum Gasteiger partial charge on any atom is 0.250 e. The molecule has 4 nitrogen and oxygen atoms in total. The van der Waals surface area contributed by atoms with E-state index in [0.29, 0.717) is 5.69 Å². The predicted molar refractivity (Wildman–Crippen MR) is 65.4 cm³/mol. The predicted octanol–water partition coefficient (Wildman–Crippen LogP) is 0.916. The maximum absolute atomic E-state index is 11.5. The molecule has 0 spiro atoms. The minimum absolute atomic E-state index is 0.0376. The highest BCUT2D eigenvalue weighted by Crippen LogP contribution is 2.07. The van der Waals surface area contributed by atoms with Crippen molar-refractivity contribution in [3.8, 4) is 0 Å². The lowest BCUT2D eigenvalue weighted by atomic mass is 10.3. The summed E-state index contributed by atoms with van der Waals surface area (Å²) < 4.78 is 1.70. The average Bonchev–Trinajstić information content (AvgIpc) is 2.76. The van der Waals surface area contributed by atoms with Crippen LogP contribution >= 0.6 is 0 Å². The first-order chi connectivity index (χ1) is 7.75. The fraction of sp³-hybridized carbons (Fsp3) is 0.583. The van der Waals surface area contributed by atoms with Crippen LogP contribution in [0.3, 0.4) is 0 Å². The summed E-state index contributed by atoms with van der Waals surface area (Å²) in [5.74, 6) is 0. The van der Waals surface area contributed by atoms with Gasteiger partial charge in [0.25, 0.3) is 5.56 Å². The molecule has 0 aliphatic carbocycles. The Hall–Kier alpha value is -1.29. The van der Waals surface area contributed by atoms with E-state index in [0.717, 1.165) is 19.5 Å². The lowest BCUT2D eigenvalue weighted by Gasteiger charge is -2.14. The smallest absolute Gasteiger partial charge is 0.250 e. The molecule has 2 N–H and O–H groups in total. The van der Waals surface area contributed by atoms with Gasteiger partial charge in [0.05, 0.1) is 0 Å². The maximum atomic E-state index is 11.5. The summed E-state index contributed by atoms with van der Waals surface area (Å²) >= 11 is 0. The highest BCUT2D eigenvalue weighted by atomic mass is 16.1. The zero-order chi connectivity index (χ0) is 11.4. The van der Waals surface area contributed by atoms with Crippen LogP contribution in [0.2, 0.25) is 0 Å². The molecule has 1 aromatic heterocycles. The Labute approximate surface area is 95.7 Å². The van der Waals surface area contributed by atoms with Gasteiger partial charge >= 0.3 is 0 Å². The van der Waals surface area contributed by atoms with E-state index in [1.807, 2.05) is 0 Å². The molecular weight excluding hydrogens is 202 g/mol. The van der Waals surface area contributed by atoms with Gasteiger partial charge in [-0.05, 0) is 45.0 Å². The van der Waals surface area contributed by atoms with Crippen LogP contribution in [0, 0.1) is 0 Å². The first-order valence-corrected chi connectivity index (χ1v) is 5.94. The molecule has 0 bridgehead atoms. The molecule has 1 saturated heterocycles. The fourth-order valence-electron chi connectivity index (χ4n) is 2.20. The van der Waals surface area contributed by atoms with Gasteiger partial charge < -0.3 is 15.2 Å². The van der Waals surface area contributed by atoms with E-state index in [1.165, 1.54) is 32.0 Å². The van der Waals surface area contributed by atoms with Crippen molar-refractivity contribution in [3.05, 3.63) is 28.7 Å². The van der Waals surface area contributed by atoms with Gasteiger partial charge in [0.1, 0.15) is 0 Å². The monoisotopic (exact) mass is 221 g/mol. The van der Waals surface area contributed by atoms with Crippen molar-refractivity contribution in [1.29, 1.82) is 0 Å². The van der Waals surface area contributed by atoms with Crippen LogP contribution < -0.4 is 11.3 Å². The topological polar surface area (TPSA) is 51.3 Å². The van der Waals surface area contributed by atoms with E-state index in [4.69, 9.17) is 5.73 Å². The molecule has 0 radical (unpaired) electrons. The van der Waals surface area contributed by atoms with Gasteiger partial charge in [0.2, 0.25) is 0 Å². The van der Waals surface area contributed by atoms with Crippen molar-refractivity contribution in [2.24, 2.45) is 0 Å². The zero-order valence-electron chi connectivity index (χ0n) is 9.56. The molecule has 0 unspecified atom stereocenters. The molecule has 0 saturated carbocycles. The van der Waals surface area contributed by atoms with Crippen molar-refractivity contribution in [2.75, 3.05) is 25.4 Å². The lowest BCUT2D eigenvalue weighted by Crippen LogP contribution is -2.24. The molecule has 4 heteroatoms. The Balaban J connectivity index is 1.84. The van der Waals surface area contributed by atoms with Crippen LogP contribution in [0.25, 0.3) is 0 Å². The van der Waals surface area contributed by atoms with Gasteiger partial charge in [-0.25, -0.2) is 0 Å². The third-order valence-corrected chi connectivity index (χ3v) is 3.08. The van der Waals surface area contributed by atoms with Crippen molar-refractivity contribution < 1.29 is 0 Å². The van der Waals surface area contributed by atoms with E-state index in [9.17, 15) is 4.79 Å². The minimum atomic E-state index is 0.0376. The highest BCUT2D eigenvalue weighted by molar-refractivity contribution is 5.33. The third-order valence-electron chi connectivity index (χ3n) is 3.08. The van der Waals surface area contributed by atoms with Gasteiger partial charge in [0, 0.05) is 24.5 Å². The summed E-state index contributed by atoms with van der Waals surface area (Å²) in [5.41, 5.74) is 6.34. The largest absolute Gasteiger partial charge is 0.398 e. The van der Waals surface area contributed by atoms with Crippen LogP contribution in [0.1, 0.15) is 19.3 Å². The Bertz CT molecular complexity index is 393. The Morgan fingerprint density at radius 3 is 2.69 bits per heavy atom. The molecule has 0 atom stereocenters. The SMILES string of the molecule is Nc1ccc(=O)n(CCCN2CCCC2)c1. The summed E-state index contributed by atoms with van der Waals surface area (Å²) in [7, 11) is 0. The fourth-order valence-corrected chi connectivity index (χ4v) is 2.20. The number of rotatable bonds is 4. The van der Waals surface area contributed by atoms with Crippen molar-refractivity contribution in [3.63, 3.8) is 0 Å². The van der Waals surface area contributed by atoms with Crippen LogP contribution in [-0.4, -0.2) is 29.1 Å². The van der Waals surface area contributed by atoms with E-state index in [2.05, 4.69) is 4.90 Å². The summed E-state index contributed by atoms with van der Waals surface area (Å²) in [6.45, 7) is 4.28. The van der Waals surface area contributed by atoms with Crippen LogP contribution in [0.4, 0.5) is 5.69 Å². The first-order valence-electron chi connectivity index (χ1n) is 5.94. The van der Waals surface area contributed by atoms with Crippen LogP contribution in [0.15, 0.2) is 23.1 Å². The van der Waals surface area contributed by atoms with Gasteiger partial charge in [-0.2, -0.15) is 0 Å². The number of hydrogen-bond acceptors (Lipinski definition) is 3. The van der Waals surface area contributed by atoms with Gasteiger partial charge in [-0.3, -0.25) is 4.79 Å². The second kappa shape index (κ2) is 5.16. The van der Waals surface area contributed by atoms with E-state index < -0.39 is 0 Å². The zero-order valence-corrected chi connectivity index (χ0v) is 9.56. The number of aromatic nitrogens is 1. The average molecular weight is 221 g/mol. The number of nitrogen functional groups attached to an aromatic ring is 1.